The first-order valence-corrected chi connectivity index (χ1v) is 5.75. The van der Waals surface area contributed by atoms with E-state index in [2.05, 4.69) is 32.0 Å². The first-order chi connectivity index (χ1) is 8.33. The van der Waals surface area contributed by atoms with E-state index in [1.165, 1.54) is 19.0 Å². The van der Waals surface area contributed by atoms with Gasteiger partial charge in [0.2, 0.25) is 5.95 Å². The van der Waals surface area contributed by atoms with Gasteiger partial charge in [-0.15, -0.1) is 0 Å². The Kier molecular flexibility index (Phi) is 3.73. The SMILES string of the molecule is CNc1ncc(C#N)c(NCC2CCCN2)n1. The molecule has 1 aliphatic rings. The van der Waals surface area contributed by atoms with Crippen molar-refractivity contribution in [2.75, 3.05) is 30.8 Å². The monoisotopic (exact) mass is 232 g/mol. The van der Waals surface area contributed by atoms with Gasteiger partial charge in [0.05, 0.1) is 6.20 Å². The second-order valence-electron chi connectivity index (χ2n) is 3.99. The van der Waals surface area contributed by atoms with Crippen molar-refractivity contribution in [1.82, 2.24) is 15.3 Å². The Hall–Kier alpha value is -1.87. The highest BCUT2D eigenvalue weighted by atomic mass is 15.1. The van der Waals surface area contributed by atoms with Crippen LogP contribution < -0.4 is 16.0 Å². The van der Waals surface area contributed by atoms with Crippen LogP contribution in [0.25, 0.3) is 0 Å². The van der Waals surface area contributed by atoms with Crippen LogP contribution in [-0.2, 0) is 0 Å². The minimum Gasteiger partial charge on any atom is -0.367 e. The minimum atomic E-state index is 0.467. The van der Waals surface area contributed by atoms with Gasteiger partial charge in [0.1, 0.15) is 17.5 Å². The van der Waals surface area contributed by atoms with E-state index in [1.54, 1.807) is 7.05 Å². The molecule has 2 rings (SSSR count). The molecular weight excluding hydrogens is 216 g/mol. The van der Waals surface area contributed by atoms with E-state index in [0.29, 0.717) is 23.4 Å². The second kappa shape index (κ2) is 5.46. The van der Waals surface area contributed by atoms with Crippen LogP contribution in [0.2, 0.25) is 0 Å². The van der Waals surface area contributed by atoms with Crippen LogP contribution in [-0.4, -0.2) is 36.1 Å². The number of hydrogen-bond donors (Lipinski definition) is 3. The normalized spacial score (nSPS) is 18.7. The zero-order valence-corrected chi connectivity index (χ0v) is 9.82. The molecule has 90 valence electrons. The van der Waals surface area contributed by atoms with Crippen molar-refractivity contribution in [3.8, 4) is 6.07 Å². The molecule has 3 N–H and O–H groups in total. The summed E-state index contributed by atoms with van der Waals surface area (Å²) < 4.78 is 0. The molecular formula is C11H16N6. The number of nitriles is 1. The molecule has 1 unspecified atom stereocenters. The van der Waals surface area contributed by atoms with Crippen molar-refractivity contribution >= 4 is 11.8 Å². The molecule has 1 saturated heterocycles. The fourth-order valence-corrected chi connectivity index (χ4v) is 1.87. The molecule has 1 atom stereocenters. The van der Waals surface area contributed by atoms with Gasteiger partial charge in [-0.1, -0.05) is 0 Å². The Labute approximate surface area is 100 Å². The molecule has 0 amide bonds. The van der Waals surface area contributed by atoms with Gasteiger partial charge >= 0.3 is 0 Å². The summed E-state index contributed by atoms with van der Waals surface area (Å²) in [5, 5.41) is 18.4. The van der Waals surface area contributed by atoms with Crippen molar-refractivity contribution in [2.45, 2.75) is 18.9 Å². The molecule has 0 spiro atoms. The van der Waals surface area contributed by atoms with Crippen molar-refractivity contribution in [3.63, 3.8) is 0 Å². The summed E-state index contributed by atoms with van der Waals surface area (Å²) in [7, 11) is 1.75. The van der Waals surface area contributed by atoms with Crippen LogP contribution in [0.15, 0.2) is 6.20 Å². The van der Waals surface area contributed by atoms with Gasteiger partial charge in [0.15, 0.2) is 0 Å². The fraction of sp³-hybridized carbons (Fsp3) is 0.545. The quantitative estimate of drug-likeness (QED) is 0.703. The molecule has 0 radical (unpaired) electrons. The average molecular weight is 232 g/mol. The highest BCUT2D eigenvalue weighted by molar-refractivity contribution is 5.53. The Balaban J connectivity index is 2.04. The van der Waals surface area contributed by atoms with E-state index in [1.807, 2.05) is 0 Å². The molecule has 6 nitrogen and oxygen atoms in total. The number of aromatic nitrogens is 2. The molecule has 6 heteroatoms. The highest BCUT2D eigenvalue weighted by Crippen LogP contribution is 2.13. The van der Waals surface area contributed by atoms with E-state index in [9.17, 15) is 0 Å². The number of nitrogens with one attached hydrogen (secondary N) is 3. The molecule has 2 heterocycles. The Morgan fingerprint density at radius 2 is 2.53 bits per heavy atom. The van der Waals surface area contributed by atoms with Gasteiger partial charge in [-0.25, -0.2) is 4.98 Å². The van der Waals surface area contributed by atoms with Crippen molar-refractivity contribution in [1.29, 1.82) is 5.26 Å². The zero-order valence-electron chi connectivity index (χ0n) is 9.82. The van der Waals surface area contributed by atoms with E-state index in [-0.39, 0.29) is 0 Å². The minimum absolute atomic E-state index is 0.467. The van der Waals surface area contributed by atoms with Crippen LogP contribution in [0.4, 0.5) is 11.8 Å². The maximum Gasteiger partial charge on any atom is 0.224 e. The standard InChI is InChI=1S/C11H16N6/c1-13-11-16-6-8(5-12)10(17-11)15-7-9-3-2-4-14-9/h6,9,14H,2-4,7H2,1H3,(H2,13,15,16,17). The Morgan fingerprint density at radius 3 is 3.18 bits per heavy atom. The van der Waals surface area contributed by atoms with Crippen molar-refractivity contribution in [3.05, 3.63) is 11.8 Å². The van der Waals surface area contributed by atoms with E-state index in [4.69, 9.17) is 5.26 Å². The number of rotatable bonds is 4. The summed E-state index contributed by atoms with van der Waals surface area (Å²) in [5.41, 5.74) is 0.474. The lowest BCUT2D eigenvalue weighted by Gasteiger charge is -2.13. The third-order valence-electron chi connectivity index (χ3n) is 2.81. The van der Waals surface area contributed by atoms with Crippen molar-refractivity contribution in [2.24, 2.45) is 0 Å². The third kappa shape index (κ3) is 2.82. The lowest BCUT2D eigenvalue weighted by molar-refractivity contribution is 0.632. The molecule has 1 fully saturated rings. The Bertz CT molecular complexity index is 418. The van der Waals surface area contributed by atoms with E-state index >= 15 is 0 Å². The predicted octanol–water partition coefficient (Wildman–Crippen LogP) is 0.554. The van der Waals surface area contributed by atoms with Gasteiger partial charge in [-0.2, -0.15) is 10.2 Å². The fourth-order valence-electron chi connectivity index (χ4n) is 1.87. The Morgan fingerprint density at radius 1 is 1.65 bits per heavy atom. The molecule has 17 heavy (non-hydrogen) atoms. The highest BCUT2D eigenvalue weighted by Gasteiger charge is 2.14. The van der Waals surface area contributed by atoms with Crippen molar-refractivity contribution < 1.29 is 0 Å². The van der Waals surface area contributed by atoms with Crippen LogP contribution in [0.1, 0.15) is 18.4 Å². The predicted molar refractivity (Wildman–Crippen MR) is 65.8 cm³/mol. The smallest absolute Gasteiger partial charge is 0.224 e. The second-order valence-corrected chi connectivity index (χ2v) is 3.99. The van der Waals surface area contributed by atoms with Gasteiger partial charge in [-0.05, 0) is 19.4 Å². The number of nitrogens with zero attached hydrogens (tertiary/aromatic N) is 3. The lowest BCUT2D eigenvalue weighted by Crippen LogP contribution is -2.29. The van der Waals surface area contributed by atoms with E-state index in [0.717, 1.165) is 13.1 Å². The van der Waals surface area contributed by atoms with Gasteiger partial charge in [-0.3, -0.25) is 0 Å². The molecule has 0 bridgehead atoms. The van der Waals surface area contributed by atoms with Gasteiger partial charge in [0, 0.05) is 19.6 Å². The molecule has 1 aromatic rings. The molecule has 1 aromatic heterocycles. The van der Waals surface area contributed by atoms with Crippen LogP contribution in [0.3, 0.4) is 0 Å². The number of anilines is 2. The topological polar surface area (TPSA) is 85.7 Å². The van der Waals surface area contributed by atoms with Crippen LogP contribution in [0, 0.1) is 11.3 Å². The van der Waals surface area contributed by atoms with Gasteiger partial charge in [0.25, 0.3) is 0 Å². The lowest BCUT2D eigenvalue weighted by atomic mass is 10.2. The molecule has 0 saturated carbocycles. The first-order valence-electron chi connectivity index (χ1n) is 5.75. The van der Waals surface area contributed by atoms with E-state index < -0.39 is 0 Å². The summed E-state index contributed by atoms with van der Waals surface area (Å²) in [4.78, 5) is 8.25. The molecule has 1 aliphatic heterocycles. The summed E-state index contributed by atoms with van der Waals surface area (Å²) in [6, 6.07) is 2.55. The largest absolute Gasteiger partial charge is 0.367 e. The third-order valence-corrected chi connectivity index (χ3v) is 2.81. The maximum atomic E-state index is 8.97. The van der Waals surface area contributed by atoms with Crippen LogP contribution in [0.5, 0.6) is 0 Å². The van der Waals surface area contributed by atoms with Gasteiger partial charge < -0.3 is 16.0 Å². The maximum absolute atomic E-state index is 8.97. The zero-order chi connectivity index (χ0) is 12.1. The molecule has 0 aromatic carbocycles. The average Bonchev–Trinajstić information content (AvgIpc) is 2.89. The summed E-state index contributed by atoms with van der Waals surface area (Å²) >= 11 is 0. The summed E-state index contributed by atoms with van der Waals surface area (Å²) in [5.74, 6) is 1.12. The molecule has 0 aliphatic carbocycles. The summed E-state index contributed by atoms with van der Waals surface area (Å²) in [6.07, 6.45) is 3.91. The number of hydrogen-bond acceptors (Lipinski definition) is 6. The first kappa shape index (κ1) is 11.6. The summed E-state index contributed by atoms with van der Waals surface area (Å²) in [6.45, 7) is 1.86. The van der Waals surface area contributed by atoms with Crippen LogP contribution >= 0.6 is 0 Å².